The third-order valence-electron chi connectivity index (χ3n) is 3.20. The van der Waals surface area contributed by atoms with E-state index in [1.165, 1.54) is 31.5 Å². The number of aryl methyl sites for hydroxylation is 1. The summed E-state index contributed by atoms with van der Waals surface area (Å²) >= 11 is 0. The van der Waals surface area contributed by atoms with Crippen LogP contribution in [0.5, 0.6) is 0 Å². The van der Waals surface area contributed by atoms with Crippen LogP contribution in [0.15, 0.2) is 12.3 Å². The lowest BCUT2D eigenvalue weighted by Gasteiger charge is -2.12. The Morgan fingerprint density at radius 2 is 2.27 bits per heavy atom. The van der Waals surface area contributed by atoms with Gasteiger partial charge in [-0.25, -0.2) is 4.68 Å². The van der Waals surface area contributed by atoms with Crippen LogP contribution < -0.4 is 5.32 Å². The second kappa shape index (κ2) is 5.19. The maximum Gasteiger partial charge on any atom is 0.124 e. The zero-order valence-corrected chi connectivity index (χ0v) is 9.58. The molecule has 0 saturated heterocycles. The minimum Gasteiger partial charge on any atom is -0.370 e. The van der Waals surface area contributed by atoms with Gasteiger partial charge in [0.05, 0.1) is 6.20 Å². The largest absolute Gasteiger partial charge is 0.370 e. The van der Waals surface area contributed by atoms with Gasteiger partial charge in [-0.15, -0.1) is 0 Å². The minimum absolute atomic E-state index is 0.884. The van der Waals surface area contributed by atoms with Crippen molar-refractivity contribution < 1.29 is 0 Å². The molecule has 84 valence electrons. The molecule has 0 bridgehead atoms. The molecule has 1 saturated carbocycles. The summed E-state index contributed by atoms with van der Waals surface area (Å²) in [6.45, 7) is 4.32. The van der Waals surface area contributed by atoms with Crippen molar-refractivity contribution in [3.63, 3.8) is 0 Å². The molecule has 0 radical (unpaired) electrons. The van der Waals surface area contributed by atoms with Crippen molar-refractivity contribution in [2.24, 2.45) is 5.92 Å². The van der Waals surface area contributed by atoms with E-state index < -0.39 is 0 Å². The Balaban J connectivity index is 1.83. The van der Waals surface area contributed by atoms with Gasteiger partial charge in [0.25, 0.3) is 0 Å². The van der Waals surface area contributed by atoms with Crippen molar-refractivity contribution in [2.45, 2.75) is 45.6 Å². The molecular weight excluding hydrogens is 186 g/mol. The van der Waals surface area contributed by atoms with Gasteiger partial charge >= 0.3 is 0 Å². The molecule has 1 aromatic heterocycles. The third-order valence-corrected chi connectivity index (χ3v) is 3.20. The normalized spacial score (nSPS) is 17.1. The summed E-state index contributed by atoms with van der Waals surface area (Å²) in [5, 5.41) is 7.83. The topological polar surface area (TPSA) is 29.9 Å². The van der Waals surface area contributed by atoms with E-state index in [4.69, 9.17) is 0 Å². The Bertz CT molecular complexity index is 287. The third kappa shape index (κ3) is 2.74. The summed E-state index contributed by atoms with van der Waals surface area (Å²) in [6, 6.07) is 2.07. The Hall–Kier alpha value is -0.990. The second-order valence-electron chi connectivity index (χ2n) is 4.47. The molecule has 15 heavy (non-hydrogen) atoms. The molecule has 1 N–H and O–H groups in total. The molecule has 1 fully saturated rings. The molecule has 0 spiro atoms. The first kappa shape index (κ1) is 10.5. The molecule has 0 atom stereocenters. The monoisotopic (exact) mass is 207 g/mol. The van der Waals surface area contributed by atoms with Gasteiger partial charge in [-0.1, -0.05) is 19.8 Å². The zero-order chi connectivity index (χ0) is 10.5. The average molecular weight is 207 g/mol. The quantitative estimate of drug-likeness (QED) is 0.804. The van der Waals surface area contributed by atoms with Gasteiger partial charge in [0.1, 0.15) is 5.82 Å². The number of anilines is 1. The standard InChI is InChI=1S/C12H21N3/c1-2-9-15-12(7-8-14-15)13-10-11-5-3-4-6-11/h7-8,11,13H,2-6,9-10H2,1H3. The summed E-state index contributed by atoms with van der Waals surface area (Å²) in [5.41, 5.74) is 0. The summed E-state index contributed by atoms with van der Waals surface area (Å²) in [5.74, 6) is 2.07. The van der Waals surface area contributed by atoms with E-state index in [-0.39, 0.29) is 0 Å². The number of aromatic nitrogens is 2. The first-order valence-corrected chi connectivity index (χ1v) is 6.16. The average Bonchev–Trinajstić information content (AvgIpc) is 2.85. The number of rotatable bonds is 5. The molecule has 3 nitrogen and oxygen atoms in total. The van der Waals surface area contributed by atoms with Gasteiger partial charge in [0.15, 0.2) is 0 Å². The van der Waals surface area contributed by atoms with Crippen LogP contribution in [-0.2, 0) is 6.54 Å². The molecule has 1 aliphatic carbocycles. The Kier molecular flexibility index (Phi) is 3.64. The van der Waals surface area contributed by atoms with Gasteiger partial charge in [-0.05, 0) is 25.2 Å². The molecule has 1 heterocycles. The van der Waals surface area contributed by atoms with E-state index in [1.807, 2.05) is 6.20 Å². The lowest BCUT2D eigenvalue weighted by atomic mass is 10.1. The van der Waals surface area contributed by atoms with Crippen LogP contribution in [0.2, 0.25) is 0 Å². The number of hydrogen-bond acceptors (Lipinski definition) is 2. The van der Waals surface area contributed by atoms with Crippen molar-refractivity contribution in [3.8, 4) is 0 Å². The highest BCUT2D eigenvalue weighted by atomic mass is 15.3. The highest BCUT2D eigenvalue weighted by molar-refractivity contribution is 5.33. The van der Waals surface area contributed by atoms with Crippen LogP contribution in [0.1, 0.15) is 39.0 Å². The smallest absolute Gasteiger partial charge is 0.124 e. The number of nitrogens with zero attached hydrogens (tertiary/aromatic N) is 2. The van der Waals surface area contributed by atoms with Crippen LogP contribution in [0, 0.1) is 5.92 Å². The van der Waals surface area contributed by atoms with Crippen molar-refractivity contribution in [3.05, 3.63) is 12.3 Å². The van der Waals surface area contributed by atoms with Gasteiger partial charge in [-0.2, -0.15) is 5.10 Å². The van der Waals surface area contributed by atoms with Crippen molar-refractivity contribution >= 4 is 5.82 Å². The highest BCUT2D eigenvalue weighted by Gasteiger charge is 2.14. The predicted molar refractivity (Wildman–Crippen MR) is 63.0 cm³/mol. The fourth-order valence-electron chi connectivity index (χ4n) is 2.34. The van der Waals surface area contributed by atoms with Gasteiger partial charge in [-0.3, -0.25) is 0 Å². The Morgan fingerprint density at radius 1 is 1.47 bits per heavy atom. The summed E-state index contributed by atoms with van der Waals surface area (Å²) in [6.07, 6.45) is 8.65. The van der Waals surface area contributed by atoms with E-state index in [9.17, 15) is 0 Å². The maximum atomic E-state index is 4.31. The van der Waals surface area contributed by atoms with E-state index in [0.717, 1.165) is 25.4 Å². The van der Waals surface area contributed by atoms with Crippen LogP contribution in [0.25, 0.3) is 0 Å². The summed E-state index contributed by atoms with van der Waals surface area (Å²) < 4.78 is 2.06. The fraction of sp³-hybridized carbons (Fsp3) is 0.750. The molecule has 2 rings (SSSR count). The van der Waals surface area contributed by atoms with Crippen LogP contribution in [0.3, 0.4) is 0 Å². The van der Waals surface area contributed by atoms with Crippen molar-refractivity contribution in [1.82, 2.24) is 9.78 Å². The number of nitrogens with one attached hydrogen (secondary N) is 1. The molecule has 0 aromatic carbocycles. The number of hydrogen-bond donors (Lipinski definition) is 1. The van der Waals surface area contributed by atoms with Crippen LogP contribution >= 0.6 is 0 Å². The van der Waals surface area contributed by atoms with Gasteiger partial charge in [0, 0.05) is 19.2 Å². The minimum atomic E-state index is 0.884. The molecule has 3 heteroatoms. The zero-order valence-electron chi connectivity index (χ0n) is 9.58. The van der Waals surface area contributed by atoms with E-state index in [1.54, 1.807) is 0 Å². The first-order chi connectivity index (χ1) is 7.40. The molecule has 0 unspecified atom stereocenters. The van der Waals surface area contributed by atoms with Gasteiger partial charge < -0.3 is 5.32 Å². The van der Waals surface area contributed by atoms with Gasteiger partial charge in [0.2, 0.25) is 0 Å². The van der Waals surface area contributed by atoms with Crippen molar-refractivity contribution in [2.75, 3.05) is 11.9 Å². The molecule has 1 aliphatic rings. The van der Waals surface area contributed by atoms with E-state index >= 15 is 0 Å². The summed E-state index contributed by atoms with van der Waals surface area (Å²) in [7, 11) is 0. The second-order valence-corrected chi connectivity index (χ2v) is 4.47. The van der Waals surface area contributed by atoms with Crippen LogP contribution in [-0.4, -0.2) is 16.3 Å². The van der Waals surface area contributed by atoms with E-state index in [2.05, 4.69) is 28.1 Å². The lowest BCUT2D eigenvalue weighted by Crippen LogP contribution is -2.14. The Labute approximate surface area is 91.9 Å². The first-order valence-electron chi connectivity index (χ1n) is 6.16. The molecule has 0 aliphatic heterocycles. The van der Waals surface area contributed by atoms with E-state index in [0.29, 0.717) is 0 Å². The Morgan fingerprint density at radius 3 is 3.00 bits per heavy atom. The SMILES string of the molecule is CCCn1nccc1NCC1CCCC1. The lowest BCUT2D eigenvalue weighted by molar-refractivity contribution is 0.565. The summed E-state index contributed by atoms with van der Waals surface area (Å²) in [4.78, 5) is 0. The predicted octanol–water partition coefficient (Wildman–Crippen LogP) is 2.90. The molecule has 1 aromatic rings. The van der Waals surface area contributed by atoms with Crippen LogP contribution in [0.4, 0.5) is 5.82 Å². The van der Waals surface area contributed by atoms with Crippen molar-refractivity contribution in [1.29, 1.82) is 0 Å². The fourth-order valence-corrected chi connectivity index (χ4v) is 2.34. The maximum absolute atomic E-state index is 4.31. The molecule has 0 amide bonds. The highest BCUT2D eigenvalue weighted by Crippen LogP contribution is 2.24. The molecular formula is C12H21N3.